The van der Waals surface area contributed by atoms with Crippen LogP contribution in [0.15, 0.2) is 16.8 Å². The highest BCUT2D eigenvalue weighted by Crippen LogP contribution is 2.21. The van der Waals surface area contributed by atoms with E-state index in [0.29, 0.717) is 13.1 Å². The highest BCUT2D eigenvalue weighted by Gasteiger charge is 2.13. The molecular formula is C13H18ClN3OS. The Morgan fingerprint density at radius 1 is 1.58 bits per heavy atom. The largest absolute Gasteiger partial charge is 0.387 e. The quantitative estimate of drug-likeness (QED) is 0.862. The fraction of sp³-hybridized carbons (Fsp3) is 0.462. The summed E-state index contributed by atoms with van der Waals surface area (Å²) in [7, 11) is 1.89. The first-order chi connectivity index (χ1) is 9.13. The fourth-order valence-corrected chi connectivity index (χ4v) is 2.99. The molecule has 2 heterocycles. The molecule has 0 aliphatic carbocycles. The molecule has 0 amide bonds. The van der Waals surface area contributed by atoms with Gasteiger partial charge in [0.2, 0.25) is 0 Å². The third kappa shape index (κ3) is 3.36. The molecular weight excluding hydrogens is 282 g/mol. The van der Waals surface area contributed by atoms with E-state index in [1.165, 1.54) is 0 Å². The summed E-state index contributed by atoms with van der Waals surface area (Å²) in [5.74, 6) is 0. The van der Waals surface area contributed by atoms with E-state index in [-0.39, 0.29) is 0 Å². The van der Waals surface area contributed by atoms with Crippen molar-refractivity contribution in [1.29, 1.82) is 0 Å². The van der Waals surface area contributed by atoms with E-state index in [1.54, 1.807) is 16.0 Å². The van der Waals surface area contributed by atoms with Crippen LogP contribution in [0.2, 0.25) is 5.02 Å². The molecule has 19 heavy (non-hydrogen) atoms. The molecule has 0 fully saturated rings. The van der Waals surface area contributed by atoms with E-state index in [9.17, 15) is 5.11 Å². The van der Waals surface area contributed by atoms with Gasteiger partial charge in [0, 0.05) is 20.1 Å². The Bertz CT molecular complexity index is 524. The summed E-state index contributed by atoms with van der Waals surface area (Å²) < 4.78 is 1.80. The predicted octanol–water partition coefficient (Wildman–Crippen LogP) is 2.52. The van der Waals surface area contributed by atoms with Crippen molar-refractivity contribution in [3.8, 4) is 0 Å². The van der Waals surface area contributed by atoms with Crippen LogP contribution >= 0.6 is 22.9 Å². The van der Waals surface area contributed by atoms with E-state index in [0.717, 1.165) is 28.4 Å². The molecule has 0 aromatic carbocycles. The molecule has 0 radical (unpaired) electrons. The average molecular weight is 300 g/mol. The Balaban J connectivity index is 1.91. The molecule has 104 valence electrons. The molecule has 6 heteroatoms. The number of rotatable bonds is 6. The van der Waals surface area contributed by atoms with E-state index >= 15 is 0 Å². The number of thiophene rings is 1. The van der Waals surface area contributed by atoms with Gasteiger partial charge in [-0.15, -0.1) is 0 Å². The van der Waals surface area contributed by atoms with Crippen LogP contribution in [-0.4, -0.2) is 21.4 Å². The van der Waals surface area contributed by atoms with Crippen molar-refractivity contribution in [3.63, 3.8) is 0 Å². The second kappa shape index (κ2) is 6.52. The lowest BCUT2D eigenvalue weighted by Crippen LogP contribution is -2.22. The molecule has 4 nitrogen and oxygen atoms in total. The minimum absolute atomic E-state index is 0.483. The zero-order chi connectivity index (χ0) is 13.8. The normalized spacial score (nSPS) is 12.8. The van der Waals surface area contributed by atoms with Crippen molar-refractivity contribution in [2.75, 3.05) is 6.54 Å². The number of aromatic nitrogens is 2. The number of aryl methyl sites for hydroxylation is 2. The second-order valence-electron chi connectivity index (χ2n) is 4.39. The maximum Gasteiger partial charge on any atom is 0.0922 e. The highest BCUT2D eigenvalue weighted by molar-refractivity contribution is 7.07. The van der Waals surface area contributed by atoms with Gasteiger partial charge in [0.05, 0.1) is 22.5 Å². The van der Waals surface area contributed by atoms with Gasteiger partial charge in [0.15, 0.2) is 0 Å². The molecule has 0 bridgehead atoms. The first-order valence-corrected chi connectivity index (χ1v) is 7.56. The monoisotopic (exact) mass is 299 g/mol. The molecule has 0 aliphatic heterocycles. The molecule has 0 aliphatic rings. The number of aliphatic hydroxyl groups excluding tert-OH is 1. The van der Waals surface area contributed by atoms with Crippen molar-refractivity contribution in [2.45, 2.75) is 26.0 Å². The first kappa shape index (κ1) is 14.5. The molecule has 1 atom stereocenters. The Morgan fingerprint density at radius 2 is 2.37 bits per heavy atom. The number of hydrogen-bond donors (Lipinski definition) is 2. The van der Waals surface area contributed by atoms with Gasteiger partial charge in [0.25, 0.3) is 0 Å². The van der Waals surface area contributed by atoms with Crippen LogP contribution in [0.4, 0.5) is 0 Å². The lowest BCUT2D eigenvalue weighted by Gasteiger charge is -2.10. The van der Waals surface area contributed by atoms with E-state index in [2.05, 4.69) is 10.4 Å². The number of nitrogens with zero attached hydrogens (tertiary/aromatic N) is 2. The Morgan fingerprint density at radius 3 is 2.95 bits per heavy atom. The van der Waals surface area contributed by atoms with Gasteiger partial charge in [-0.25, -0.2) is 0 Å². The van der Waals surface area contributed by atoms with Crippen LogP contribution in [-0.2, 0) is 20.0 Å². The lowest BCUT2D eigenvalue weighted by molar-refractivity contribution is 0.174. The third-order valence-corrected chi connectivity index (χ3v) is 4.20. The van der Waals surface area contributed by atoms with Crippen LogP contribution in [0.5, 0.6) is 0 Å². The van der Waals surface area contributed by atoms with Crippen molar-refractivity contribution >= 4 is 22.9 Å². The number of halogens is 1. The highest BCUT2D eigenvalue weighted by atomic mass is 35.5. The summed E-state index contributed by atoms with van der Waals surface area (Å²) >= 11 is 7.85. The van der Waals surface area contributed by atoms with Crippen molar-refractivity contribution < 1.29 is 5.11 Å². The van der Waals surface area contributed by atoms with Crippen molar-refractivity contribution in [1.82, 2.24) is 15.1 Å². The summed E-state index contributed by atoms with van der Waals surface area (Å²) in [5, 5.41) is 22.2. The Hall–Kier alpha value is -0.880. The summed E-state index contributed by atoms with van der Waals surface area (Å²) in [6, 6.07) is 1.93. The van der Waals surface area contributed by atoms with Gasteiger partial charge in [-0.3, -0.25) is 4.68 Å². The third-order valence-electron chi connectivity index (χ3n) is 3.06. The average Bonchev–Trinajstić information content (AvgIpc) is 3.01. The first-order valence-electron chi connectivity index (χ1n) is 6.24. The maximum atomic E-state index is 9.97. The second-order valence-corrected chi connectivity index (χ2v) is 5.55. The lowest BCUT2D eigenvalue weighted by atomic mass is 10.2. The Labute approximate surface area is 122 Å². The van der Waals surface area contributed by atoms with E-state index < -0.39 is 6.10 Å². The molecule has 2 N–H and O–H groups in total. The topological polar surface area (TPSA) is 50.1 Å². The fourth-order valence-electron chi connectivity index (χ4n) is 1.92. The minimum Gasteiger partial charge on any atom is -0.387 e. The molecule has 0 saturated carbocycles. The maximum absolute atomic E-state index is 9.97. The molecule has 0 saturated heterocycles. The summed E-state index contributed by atoms with van der Waals surface area (Å²) in [5.41, 5.74) is 2.82. The van der Waals surface area contributed by atoms with E-state index in [4.69, 9.17) is 11.6 Å². The summed E-state index contributed by atoms with van der Waals surface area (Å²) in [6.45, 7) is 3.13. The summed E-state index contributed by atoms with van der Waals surface area (Å²) in [6.07, 6.45) is 0.341. The number of nitrogens with one attached hydrogen (secondary N) is 1. The van der Waals surface area contributed by atoms with Crippen LogP contribution in [0, 0.1) is 0 Å². The van der Waals surface area contributed by atoms with Gasteiger partial charge >= 0.3 is 0 Å². The van der Waals surface area contributed by atoms with Crippen LogP contribution < -0.4 is 5.32 Å². The molecule has 0 spiro atoms. The van der Waals surface area contributed by atoms with Crippen LogP contribution in [0.1, 0.15) is 30.0 Å². The predicted molar refractivity (Wildman–Crippen MR) is 78.6 cm³/mol. The van der Waals surface area contributed by atoms with Gasteiger partial charge < -0.3 is 10.4 Å². The van der Waals surface area contributed by atoms with E-state index in [1.807, 2.05) is 30.8 Å². The van der Waals surface area contributed by atoms with Gasteiger partial charge in [-0.2, -0.15) is 16.4 Å². The number of aliphatic hydroxyl groups is 1. The smallest absolute Gasteiger partial charge is 0.0922 e. The molecule has 2 aromatic rings. The zero-order valence-electron chi connectivity index (χ0n) is 11.1. The minimum atomic E-state index is -0.483. The van der Waals surface area contributed by atoms with Crippen molar-refractivity contribution in [3.05, 3.63) is 38.8 Å². The zero-order valence-corrected chi connectivity index (χ0v) is 12.6. The van der Waals surface area contributed by atoms with Gasteiger partial charge in [0.1, 0.15) is 0 Å². The standard InChI is InChI=1S/C13H18ClN3OS/c1-3-10-13(14)11(17(2)16-10)6-15-7-12(18)9-4-5-19-8-9/h4-5,8,12,15,18H,3,6-7H2,1-2H3. The number of hydrogen-bond acceptors (Lipinski definition) is 4. The van der Waals surface area contributed by atoms with Crippen LogP contribution in [0.3, 0.4) is 0 Å². The molecule has 2 aromatic heterocycles. The van der Waals surface area contributed by atoms with Crippen LogP contribution in [0.25, 0.3) is 0 Å². The molecule has 2 rings (SSSR count). The van der Waals surface area contributed by atoms with Gasteiger partial charge in [-0.05, 0) is 28.8 Å². The van der Waals surface area contributed by atoms with Gasteiger partial charge in [-0.1, -0.05) is 18.5 Å². The summed E-state index contributed by atoms with van der Waals surface area (Å²) in [4.78, 5) is 0. The SMILES string of the molecule is CCc1nn(C)c(CNCC(O)c2ccsc2)c1Cl. The molecule has 1 unspecified atom stereocenters. The Kier molecular flexibility index (Phi) is 4.99. The van der Waals surface area contributed by atoms with Crippen molar-refractivity contribution in [2.24, 2.45) is 7.05 Å².